The van der Waals surface area contributed by atoms with Gasteiger partial charge in [-0.1, -0.05) is 24.3 Å². The van der Waals surface area contributed by atoms with Crippen LogP contribution in [0.5, 0.6) is 0 Å². The van der Waals surface area contributed by atoms with E-state index >= 15 is 0 Å². The van der Waals surface area contributed by atoms with Crippen molar-refractivity contribution in [3.8, 4) is 0 Å². The van der Waals surface area contributed by atoms with Crippen LogP contribution in [0, 0.1) is 0 Å². The molecule has 0 bridgehead atoms. The molecule has 94 valence electrons. The number of fused-ring (bicyclic) bond motifs is 1. The molecule has 0 spiro atoms. The number of benzene rings is 1. The van der Waals surface area contributed by atoms with Crippen molar-refractivity contribution < 1.29 is 0 Å². The van der Waals surface area contributed by atoms with Crippen molar-refractivity contribution in [2.45, 2.75) is 25.7 Å². The largest absolute Gasteiger partial charge is 0.226 e. The van der Waals surface area contributed by atoms with Crippen LogP contribution in [0.15, 0.2) is 30.6 Å². The maximum Gasteiger partial charge on any atom is 0.226 e. The lowest BCUT2D eigenvalue weighted by atomic mass is 9.92. The highest BCUT2D eigenvalue weighted by Gasteiger charge is 2.05. The predicted octanol–water partition coefficient (Wildman–Crippen LogP) is 3.74. The zero-order valence-corrected chi connectivity index (χ0v) is 11.3. The van der Waals surface area contributed by atoms with E-state index in [0.717, 1.165) is 0 Å². The maximum atomic E-state index is 5.30. The molecule has 1 aliphatic carbocycles. The molecule has 0 saturated heterocycles. The average molecular weight is 282 g/mol. The standard InChI is InChI=1S/C10H12.C3HCl2N3/c1-2-6-10-8-4-3-7-9(10)5-1;4-2-6-1-7-3(5)8-2/h1-2,5-6H,3-4,7-8H2;1H. The topological polar surface area (TPSA) is 38.7 Å². The second-order valence-electron chi connectivity index (χ2n) is 4.00. The van der Waals surface area contributed by atoms with E-state index in [4.69, 9.17) is 23.2 Å². The summed E-state index contributed by atoms with van der Waals surface area (Å²) in [5.74, 6) is 0. The minimum atomic E-state index is 0.116. The number of nitrogens with zero attached hydrogens (tertiary/aromatic N) is 3. The fourth-order valence-electron chi connectivity index (χ4n) is 1.93. The Kier molecular flexibility index (Phi) is 4.90. The molecule has 0 N–H and O–H groups in total. The Balaban J connectivity index is 0.000000138. The van der Waals surface area contributed by atoms with Gasteiger partial charge in [0.15, 0.2) is 0 Å². The molecule has 0 atom stereocenters. The summed E-state index contributed by atoms with van der Waals surface area (Å²) in [7, 11) is 0. The molecule has 0 aliphatic heterocycles. The molecule has 2 aromatic rings. The van der Waals surface area contributed by atoms with Crippen LogP contribution in [0.1, 0.15) is 24.0 Å². The quantitative estimate of drug-likeness (QED) is 0.738. The third-order valence-electron chi connectivity index (χ3n) is 2.77. The van der Waals surface area contributed by atoms with E-state index in [2.05, 4.69) is 39.2 Å². The van der Waals surface area contributed by atoms with Crippen molar-refractivity contribution in [3.63, 3.8) is 0 Å². The van der Waals surface area contributed by atoms with Crippen molar-refractivity contribution in [3.05, 3.63) is 52.3 Å². The van der Waals surface area contributed by atoms with Crippen LogP contribution in [0.25, 0.3) is 0 Å². The third kappa shape index (κ3) is 3.93. The number of hydrogen-bond donors (Lipinski definition) is 0. The van der Waals surface area contributed by atoms with Gasteiger partial charge in [0.25, 0.3) is 0 Å². The van der Waals surface area contributed by atoms with Crippen molar-refractivity contribution in [1.82, 2.24) is 15.0 Å². The Hall–Kier alpha value is -1.19. The highest BCUT2D eigenvalue weighted by atomic mass is 35.5. The van der Waals surface area contributed by atoms with Gasteiger partial charge in [-0.05, 0) is 60.0 Å². The van der Waals surface area contributed by atoms with Gasteiger partial charge in [-0.25, -0.2) is 9.97 Å². The highest BCUT2D eigenvalue weighted by molar-refractivity contribution is 6.30. The predicted molar refractivity (Wildman–Crippen MR) is 72.9 cm³/mol. The Morgan fingerprint density at radius 1 is 0.833 bits per heavy atom. The lowest BCUT2D eigenvalue weighted by Crippen LogP contribution is -2.00. The van der Waals surface area contributed by atoms with Crippen LogP contribution in [0.2, 0.25) is 10.6 Å². The second-order valence-corrected chi connectivity index (χ2v) is 4.68. The van der Waals surface area contributed by atoms with Crippen molar-refractivity contribution >= 4 is 23.2 Å². The van der Waals surface area contributed by atoms with E-state index in [1.165, 1.54) is 32.0 Å². The monoisotopic (exact) mass is 281 g/mol. The summed E-state index contributed by atoms with van der Waals surface area (Å²) in [5, 5.41) is 0.231. The van der Waals surface area contributed by atoms with E-state index in [-0.39, 0.29) is 10.6 Å². The van der Waals surface area contributed by atoms with Crippen LogP contribution >= 0.6 is 23.2 Å². The van der Waals surface area contributed by atoms with Gasteiger partial charge >= 0.3 is 0 Å². The molecule has 1 aliphatic rings. The molecule has 1 aromatic heterocycles. The summed E-state index contributed by atoms with van der Waals surface area (Å²) >= 11 is 10.6. The van der Waals surface area contributed by atoms with Gasteiger partial charge in [0.2, 0.25) is 10.6 Å². The minimum Gasteiger partial charge on any atom is -0.206 e. The van der Waals surface area contributed by atoms with Gasteiger partial charge in [0, 0.05) is 0 Å². The molecule has 1 heterocycles. The number of rotatable bonds is 0. The summed E-state index contributed by atoms with van der Waals surface area (Å²) in [6, 6.07) is 8.80. The van der Waals surface area contributed by atoms with Crippen LogP contribution in [-0.2, 0) is 12.8 Å². The third-order valence-corrected chi connectivity index (χ3v) is 3.14. The SMILES string of the molecule is Clc1ncnc(Cl)n1.c1ccc2c(c1)CCCC2. The fraction of sp³-hybridized carbons (Fsp3) is 0.308. The molecule has 3 nitrogen and oxygen atoms in total. The molecule has 18 heavy (non-hydrogen) atoms. The number of hydrogen-bond acceptors (Lipinski definition) is 3. The second kappa shape index (κ2) is 6.66. The van der Waals surface area contributed by atoms with Crippen LogP contribution in [0.4, 0.5) is 0 Å². The number of halogens is 2. The lowest BCUT2D eigenvalue weighted by Gasteiger charge is -2.13. The van der Waals surface area contributed by atoms with Crippen LogP contribution in [0.3, 0.4) is 0 Å². The Labute approximate surface area is 116 Å². The molecule has 0 fully saturated rings. The first-order chi connectivity index (χ1) is 8.75. The van der Waals surface area contributed by atoms with Gasteiger partial charge in [0.05, 0.1) is 0 Å². The molecule has 0 radical (unpaired) electrons. The summed E-state index contributed by atoms with van der Waals surface area (Å²) in [5.41, 5.74) is 3.16. The van der Waals surface area contributed by atoms with E-state index in [1.54, 1.807) is 11.1 Å². The van der Waals surface area contributed by atoms with Gasteiger partial charge in [-0.3, -0.25) is 0 Å². The summed E-state index contributed by atoms with van der Waals surface area (Å²) in [4.78, 5) is 10.5. The number of aryl methyl sites for hydroxylation is 2. The molecule has 1 aromatic carbocycles. The molecule has 3 rings (SSSR count). The minimum absolute atomic E-state index is 0.116. The molecule has 0 saturated carbocycles. The molecule has 0 unspecified atom stereocenters. The number of aromatic nitrogens is 3. The maximum absolute atomic E-state index is 5.30. The highest BCUT2D eigenvalue weighted by Crippen LogP contribution is 2.19. The Morgan fingerprint density at radius 2 is 1.33 bits per heavy atom. The fourth-order valence-corrected chi connectivity index (χ4v) is 2.22. The van der Waals surface area contributed by atoms with E-state index in [1.807, 2.05) is 0 Å². The summed E-state index contributed by atoms with van der Waals surface area (Å²) in [6.07, 6.45) is 6.62. The molecule has 5 heteroatoms. The molecular formula is C13H13Cl2N3. The smallest absolute Gasteiger partial charge is 0.206 e. The first kappa shape index (κ1) is 13.2. The van der Waals surface area contributed by atoms with Crippen LogP contribution in [-0.4, -0.2) is 15.0 Å². The lowest BCUT2D eigenvalue weighted by molar-refractivity contribution is 0.685. The van der Waals surface area contributed by atoms with Gasteiger partial charge in [-0.2, -0.15) is 4.98 Å². The van der Waals surface area contributed by atoms with E-state index in [9.17, 15) is 0 Å². The zero-order chi connectivity index (χ0) is 12.8. The van der Waals surface area contributed by atoms with E-state index < -0.39 is 0 Å². The van der Waals surface area contributed by atoms with E-state index in [0.29, 0.717) is 0 Å². The van der Waals surface area contributed by atoms with Gasteiger partial charge in [0.1, 0.15) is 6.33 Å². The van der Waals surface area contributed by atoms with Crippen LogP contribution < -0.4 is 0 Å². The molecular weight excluding hydrogens is 269 g/mol. The molecule has 0 amide bonds. The van der Waals surface area contributed by atoms with Gasteiger partial charge < -0.3 is 0 Å². The zero-order valence-electron chi connectivity index (χ0n) is 9.81. The summed E-state index contributed by atoms with van der Waals surface area (Å²) in [6.45, 7) is 0. The van der Waals surface area contributed by atoms with Crippen molar-refractivity contribution in [2.24, 2.45) is 0 Å². The van der Waals surface area contributed by atoms with Crippen molar-refractivity contribution in [2.75, 3.05) is 0 Å². The Bertz CT molecular complexity index is 475. The normalized spacial score (nSPS) is 13.2. The Morgan fingerprint density at radius 3 is 1.72 bits per heavy atom. The first-order valence-electron chi connectivity index (χ1n) is 5.82. The average Bonchev–Trinajstić information content (AvgIpc) is 2.39. The van der Waals surface area contributed by atoms with Gasteiger partial charge in [-0.15, -0.1) is 0 Å². The first-order valence-corrected chi connectivity index (χ1v) is 6.58. The summed E-state index contributed by atoms with van der Waals surface area (Å²) < 4.78 is 0. The van der Waals surface area contributed by atoms with Crippen molar-refractivity contribution in [1.29, 1.82) is 0 Å².